The number of unbranched alkanes of at least 4 members (excludes halogenated alkanes) is 1. The number of carbonyl (C=O) groups is 2. The first-order chi connectivity index (χ1) is 19.6. The summed E-state index contributed by atoms with van der Waals surface area (Å²) < 4.78 is 6.17. The van der Waals surface area contributed by atoms with Crippen molar-refractivity contribution >= 4 is 11.8 Å². The minimum absolute atomic E-state index is 0.0352. The minimum Gasteiger partial charge on any atom is -0.490 e. The molecule has 1 saturated heterocycles. The molecule has 210 valence electrons. The fraction of sp³-hybridized carbons (Fsp3) is 0.412. The van der Waals surface area contributed by atoms with Crippen LogP contribution in [0.1, 0.15) is 62.5 Å². The fourth-order valence-corrected chi connectivity index (χ4v) is 5.87. The maximum absolute atomic E-state index is 13.8. The summed E-state index contributed by atoms with van der Waals surface area (Å²) in [6.45, 7) is 0.978. The van der Waals surface area contributed by atoms with E-state index in [0.29, 0.717) is 32.0 Å². The number of piperazine rings is 1. The zero-order valence-electron chi connectivity index (χ0n) is 23.3. The van der Waals surface area contributed by atoms with Crippen LogP contribution in [-0.4, -0.2) is 41.4 Å². The van der Waals surface area contributed by atoms with Crippen LogP contribution in [0.15, 0.2) is 78.9 Å². The van der Waals surface area contributed by atoms with Gasteiger partial charge in [-0.15, -0.1) is 0 Å². The molecule has 3 aromatic carbocycles. The molecule has 1 aliphatic heterocycles. The topological polar surface area (TPSA) is 84.7 Å². The summed E-state index contributed by atoms with van der Waals surface area (Å²) in [5, 5.41) is 3.03. The normalized spacial score (nSPS) is 19.9. The molecule has 2 amide bonds. The maximum Gasteiger partial charge on any atom is 0.246 e. The van der Waals surface area contributed by atoms with E-state index in [1.54, 1.807) is 4.90 Å². The van der Waals surface area contributed by atoms with Crippen LogP contribution in [0.25, 0.3) is 11.1 Å². The number of nitrogens with zero attached hydrogens (tertiary/aromatic N) is 1. The third kappa shape index (κ3) is 7.11. The molecule has 3 aromatic rings. The molecule has 2 unspecified atom stereocenters. The first-order valence-corrected chi connectivity index (χ1v) is 14.8. The quantitative estimate of drug-likeness (QED) is 0.309. The molecule has 1 aliphatic carbocycles. The molecule has 2 aliphatic rings. The first-order valence-electron chi connectivity index (χ1n) is 14.8. The number of nitrogens with two attached hydrogens (primary N) is 1. The van der Waals surface area contributed by atoms with E-state index in [2.05, 4.69) is 41.7 Å². The standard InChI is InChI=1S/C34H41N3O3/c35-22-8-7-13-32-33(38)36-31(23-25-16-20-30(21-17-25)40-29-11-5-2-6-12-29)34(39)37(32)24-26-14-18-28(19-15-26)27-9-3-1-4-10-27/h1,3-4,9-10,14-21,29,31-32H,2,5-8,11-13,22-24,35H2,(H,36,38). The number of hydrogen-bond acceptors (Lipinski definition) is 4. The van der Waals surface area contributed by atoms with Gasteiger partial charge in [-0.3, -0.25) is 9.59 Å². The van der Waals surface area contributed by atoms with Gasteiger partial charge in [0.05, 0.1) is 6.10 Å². The third-order valence-electron chi connectivity index (χ3n) is 8.14. The van der Waals surface area contributed by atoms with E-state index in [0.717, 1.165) is 53.7 Å². The molecular weight excluding hydrogens is 498 g/mol. The SMILES string of the molecule is NCCCCC1C(=O)NC(Cc2ccc(OC3CCCCC3)cc2)C(=O)N1Cc1ccc(-c2ccccc2)cc1. The van der Waals surface area contributed by atoms with Crippen molar-refractivity contribution < 1.29 is 14.3 Å². The minimum atomic E-state index is -0.591. The van der Waals surface area contributed by atoms with Crippen molar-refractivity contribution in [1.29, 1.82) is 0 Å². The van der Waals surface area contributed by atoms with Crippen molar-refractivity contribution in [2.75, 3.05) is 6.54 Å². The van der Waals surface area contributed by atoms with Crippen LogP contribution in [0, 0.1) is 0 Å². The lowest BCUT2D eigenvalue weighted by Crippen LogP contribution is -2.63. The van der Waals surface area contributed by atoms with Gasteiger partial charge in [0, 0.05) is 13.0 Å². The molecule has 3 N–H and O–H groups in total. The Morgan fingerprint density at radius 2 is 1.48 bits per heavy atom. The van der Waals surface area contributed by atoms with Crippen molar-refractivity contribution in [2.45, 2.75) is 82.5 Å². The van der Waals surface area contributed by atoms with Gasteiger partial charge in [-0.05, 0) is 85.9 Å². The zero-order chi connectivity index (χ0) is 27.7. The Morgan fingerprint density at radius 1 is 0.800 bits per heavy atom. The van der Waals surface area contributed by atoms with Gasteiger partial charge in [-0.2, -0.15) is 0 Å². The molecule has 0 aromatic heterocycles. The van der Waals surface area contributed by atoms with Crippen LogP contribution in [-0.2, 0) is 22.6 Å². The van der Waals surface area contributed by atoms with Crippen LogP contribution in [0.4, 0.5) is 0 Å². The highest BCUT2D eigenvalue weighted by atomic mass is 16.5. The number of carbonyl (C=O) groups excluding carboxylic acids is 2. The zero-order valence-corrected chi connectivity index (χ0v) is 23.3. The Hall–Kier alpha value is -3.64. The van der Waals surface area contributed by atoms with Crippen molar-refractivity contribution in [3.8, 4) is 16.9 Å². The summed E-state index contributed by atoms with van der Waals surface area (Å²) in [6, 6.07) is 25.4. The Labute approximate surface area is 237 Å². The number of amides is 2. The lowest BCUT2D eigenvalue weighted by atomic mass is 9.96. The molecule has 0 spiro atoms. The number of benzene rings is 3. The lowest BCUT2D eigenvalue weighted by Gasteiger charge is -2.39. The highest BCUT2D eigenvalue weighted by Gasteiger charge is 2.40. The van der Waals surface area contributed by atoms with Gasteiger partial charge < -0.3 is 20.7 Å². The van der Waals surface area contributed by atoms with Crippen molar-refractivity contribution in [2.24, 2.45) is 5.73 Å². The smallest absolute Gasteiger partial charge is 0.246 e. The van der Waals surface area contributed by atoms with Gasteiger partial charge in [-0.25, -0.2) is 0 Å². The monoisotopic (exact) mass is 539 g/mol. The summed E-state index contributed by atoms with van der Waals surface area (Å²) in [5.41, 5.74) is 9.99. The number of nitrogens with one attached hydrogen (secondary N) is 1. The van der Waals surface area contributed by atoms with Crippen molar-refractivity contribution in [3.05, 3.63) is 90.0 Å². The maximum atomic E-state index is 13.8. The van der Waals surface area contributed by atoms with E-state index < -0.39 is 12.1 Å². The second-order valence-corrected chi connectivity index (χ2v) is 11.1. The molecule has 40 heavy (non-hydrogen) atoms. The second kappa shape index (κ2) is 13.6. The Kier molecular flexibility index (Phi) is 9.50. The van der Waals surface area contributed by atoms with Crippen molar-refractivity contribution in [1.82, 2.24) is 10.2 Å². The van der Waals surface area contributed by atoms with E-state index in [1.807, 2.05) is 42.5 Å². The molecule has 2 fully saturated rings. The second-order valence-electron chi connectivity index (χ2n) is 11.1. The molecule has 0 radical (unpaired) electrons. The summed E-state index contributed by atoms with van der Waals surface area (Å²) >= 11 is 0. The van der Waals surface area contributed by atoms with Gasteiger partial charge in [0.1, 0.15) is 17.8 Å². The summed E-state index contributed by atoms with van der Waals surface area (Å²) in [7, 11) is 0. The van der Waals surface area contributed by atoms with Gasteiger partial charge in [-0.1, -0.05) is 73.2 Å². The number of rotatable bonds is 11. The van der Waals surface area contributed by atoms with Gasteiger partial charge in [0.2, 0.25) is 11.8 Å². The molecule has 1 heterocycles. The van der Waals surface area contributed by atoms with Crippen LogP contribution in [0.5, 0.6) is 5.75 Å². The van der Waals surface area contributed by atoms with E-state index >= 15 is 0 Å². The molecule has 5 rings (SSSR count). The van der Waals surface area contributed by atoms with Gasteiger partial charge >= 0.3 is 0 Å². The molecule has 6 nitrogen and oxygen atoms in total. The predicted molar refractivity (Wildman–Crippen MR) is 159 cm³/mol. The third-order valence-corrected chi connectivity index (χ3v) is 8.14. The highest BCUT2D eigenvalue weighted by Crippen LogP contribution is 2.26. The molecule has 1 saturated carbocycles. The van der Waals surface area contributed by atoms with E-state index in [1.165, 1.54) is 19.3 Å². The molecular formula is C34H41N3O3. The van der Waals surface area contributed by atoms with Crippen LogP contribution < -0.4 is 15.8 Å². The van der Waals surface area contributed by atoms with Gasteiger partial charge in [0.25, 0.3) is 0 Å². The predicted octanol–water partition coefficient (Wildman–Crippen LogP) is 5.63. The summed E-state index contributed by atoms with van der Waals surface area (Å²) in [4.78, 5) is 28.9. The van der Waals surface area contributed by atoms with Crippen LogP contribution in [0.3, 0.4) is 0 Å². The molecule has 6 heteroatoms. The van der Waals surface area contributed by atoms with Crippen LogP contribution in [0.2, 0.25) is 0 Å². The Balaban J connectivity index is 1.28. The Morgan fingerprint density at radius 3 is 2.17 bits per heavy atom. The lowest BCUT2D eigenvalue weighted by molar-refractivity contribution is -0.150. The van der Waals surface area contributed by atoms with E-state index in [9.17, 15) is 9.59 Å². The number of ether oxygens (including phenoxy) is 1. The highest BCUT2D eigenvalue weighted by molar-refractivity contribution is 5.97. The fourth-order valence-electron chi connectivity index (χ4n) is 5.87. The average Bonchev–Trinajstić information content (AvgIpc) is 2.99. The number of hydrogen-bond donors (Lipinski definition) is 2. The average molecular weight is 540 g/mol. The molecule has 2 atom stereocenters. The Bertz CT molecular complexity index is 1240. The largest absolute Gasteiger partial charge is 0.490 e. The molecule has 0 bridgehead atoms. The summed E-state index contributed by atoms with van der Waals surface area (Å²) in [5.74, 6) is 0.752. The van der Waals surface area contributed by atoms with Gasteiger partial charge in [0.15, 0.2) is 0 Å². The van der Waals surface area contributed by atoms with Crippen LogP contribution >= 0.6 is 0 Å². The summed E-state index contributed by atoms with van der Waals surface area (Å²) in [6.07, 6.45) is 8.97. The van der Waals surface area contributed by atoms with E-state index in [4.69, 9.17) is 10.5 Å². The van der Waals surface area contributed by atoms with E-state index in [-0.39, 0.29) is 11.8 Å². The van der Waals surface area contributed by atoms with Crippen molar-refractivity contribution in [3.63, 3.8) is 0 Å². The first kappa shape index (κ1) is 27.9.